The molecule has 0 amide bonds. The van der Waals surface area contributed by atoms with E-state index in [-0.39, 0.29) is 0 Å². The molecule has 0 saturated carbocycles. The van der Waals surface area contributed by atoms with E-state index in [4.69, 9.17) is 10.2 Å². The Morgan fingerprint density at radius 2 is 1.08 bits per heavy atom. The Balaban J connectivity index is 0. The van der Waals surface area contributed by atoms with Gasteiger partial charge in [0.15, 0.2) is 0 Å². The fraction of sp³-hybridized carbons (Fsp3) is 0.955. The number of aliphatic carboxylic acids is 1. The normalized spacial score (nSPS) is 10.7. The maximum atomic E-state index is 10.2. The van der Waals surface area contributed by atoms with Gasteiger partial charge in [-0.15, -0.1) is 0 Å². The molecule has 0 aliphatic rings. The maximum absolute atomic E-state index is 10.2. The standard InChI is InChI=1S/C12H24O2.C10H23NO/c1-2-3-4-5-6-7-8-9-10-11-12(13)14;1-3-5-7-11(9-10-12)8-6-4-2/h2-11H2,1H3,(H,13,14);12H,3-10H2,1-2H3. The van der Waals surface area contributed by atoms with Crippen molar-refractivity contribution in [1.29, 1.82) is 0 Å². The van der Waals surface area contributed by atoms with Crippen molar-refractivity contribution in [2.24, 2.45) is 0 Å². The number of hydrogen-bond donors (Lipinski definition) is 2. The molecule has 4 heteroatoms. The average Bonchev–Trinajstić information content (AvgIpc) is 2.63. The second kappa shape index (κ2) is 24.4. The van der Waals surface area contributed by atoms with Gasteiger partial charge in [0.1, 0.15) is 0 Å². The van der Waals surface area contributed by atoms with Crippen molar-refractivity contribution < 1.29 is 15.0 Å². The van der Waals surface area contributed by atoms with Crippen LogP contribution >= 0.6 is 0 Å². The van der Waals surface area contributed by atoms with Crippen molar-refractivity contribution in [2.75, 3.05) is 26.2 Å². The van der Waals surface area contributed by atoms with Gasteiger partial charge in [0.2, 0.25) is 0 Å². The van der Waals surface area contributed by atoms with E-state index in [1.807, 2.05) is 0 Å². The number of carboxylic acid groups (broad SMARTS) is 1. The number of hydrogen-bond acceptors (Lipinski definition) is 3. The van der Waals surface area contributed by atoms with Crippen LogP contribution < -0.4 is 0 Å². The van der Waals surface area contributed by atoms with Crippen LogP contribution in [0.25, 0.3) is 0 Å². The molecule has 0 radical (unpaired) electrons. The molecule has 2 N–H and O–H groups in total. The second-order valence-corrected chi connectivity index (χ2v) is 7.24. The summed E-state index contributed by atoms with van der Waals surface area (Å²) in [4.78, 5) is 12.6. The lowest BCUT2D eigenvalue weighted by molar-refractivity contribution is -0.137. The third-order valence-electron chi connectivity index (χ3n) is 4.57. The summed E-state index contributed by atoms with van der Waals surface area (Å²) in [5.41, 5.74) is 0. The molecule has 0 heterocycles. The van der Waals surface area contributed by atoms with Gasteiger partial charge in [0.25, 0.3) is 0 Å². The lowest BCUT2D eigenvalue weighted by Crippen LogP contribution is -2.28. The molecule has 0 aliphatic carbocycles. The van der Waals surface area contributed by atoms with Gasteiger partial charge in [-0.3, -0.25) is 4.79 Å². The molecule has 158 valence electrons. The van der Waals surface area contributed by atoms with E-state index in [0.29, 0.717) is 13.0 Å². The number of aliphatic hydroxyl groups excluding tert-OH is 1. The Morgan fingerprint density at radius 3 is 1.46 bits per heavy atom. The Bertz CT molecular complexity index is 264. The molecule has 0 spiro atoms. The van der Waals surface area contributed by atoms with Gasteiger partial charge in [0, 0.05) is 13.0 Å². The second-order valence-electron chi connectivity index (χ2n) is 7.24. The van der Waals surface area contributed by atoms with Crippen LogP contribution in [0.4, 0.5) is 0 Å². The van der Waals surface area contributed by atoms with Gasteiger partial charge in [0.05, 0.1) is 6.61 Å². The fourth-order valence-corrected chi connectivity index (χ4v) is 2.83. The minimum Gasteiger partial charge on any atom is -0.481 e. The summed E-state index contributed by atoms with van der Waals surface area (Å²) < 4.78 is 0. The van der Waals surface area contributed by atoms with Crippen molar-refractivity contribution >= 4 is 5.97 Å². The van der Waals surface area contributed by atoms with Crippen molar-refractivity contribution in [3.8, 4) is 0 Å². The van der Waals surface area contributed by atoms with Gasteiger partial charge >= 0.3 is 5.97 Å². The molecule has 0 rings (SSSR count). The first-order valence-electron chi connectivity index (χ1n) is 11.2. The summed E-state index contributed by atoms with van der Waals surface area (Å²) in [5.74, 6) is -0.659. The Labute approximate surface area is 163 Å². The smallest absolute Gasteiger partial charge is 0.303 e. The highest BCUT2D eigenvalue weighted by Gasteiger charge is 2.01. The first-order valence-corrected chi connectivity index (χ1v) is 11.2. The summed E-state index contributed by atoms with van der Waals surface area (Å²) in [5, 5.41) is 17.2. The summed E-state index contributed by atoms with van der Waals surface area (Å²) in [6.07, 6.45) is 16.5. The van der Waals surface area contributed by atoms with Gasteiger partial charge in [-0.25, -0.2) is 0 Å². The van der Waals surface area contributed by atoms with Crippen LogP contribution in [-0.2, 0) is 4.79 Å². The molecule has 0 saturated heterocycles. The molecule has 0 aromatic carbocycles. The first-order chi connectivity index (χ1) is 12.6. The highest BCUT2D eigenvalue weighted by Crippen LogP contribution is 2.10. The van der Waals surface area contributed by atoms with E-state index in [1.54, 1.807) is 0 Å². The van der Waals surface area contributed by atoms with E-state index in [1.165, 1.54) is 70.6 Å². The minimum atomic E-state index is -0.659. The van der Waals surface area contributed by atoms with Crippen LogP contribution in [0.15, 0.2) is 0 Å². The Kier molecular flexibility index (Phi) is 25.9. The van der Waals surface area contributed by atoms with E-state index < -0.39 is 5.97 Å². The zero-order valence-corrected chi connectivity index (χ0v) is 18.0. The van der Waals surface area contributed by atoms with E-state index in [2.05, 4.69) is 25.7 Å². The largest absolute Gasteiger partial charge is 0.481 e. The zero-order chi connectivity index (χ0) is 19.9. The van der Waals surface area contributed by atoms with Crippen LogP contribution in [0.5, 0.6) is 0 Å². The van der Waals surface area contributed by atoms with Gasteiger partial charge < -0.3 is 15.1 Å². The molecule has 0 aromatic heterocycles. The van der Waals surface area contributed by atoms with Crippen molar-refractivity contribution in [3.05, 3.63) is 0 Å². The molecule has 0 bridgehead atoms. The number of nitrogens with zero attached hydrogens (tertiary/aromatic N) is 1. The van der Waals surface area contributed by atoms with Crippen LogP contribution in [-0.4, -0.2) is 47.3 Å². The van der Waals surface area contributed by atoms with Crippen molar-refractivity contribution in [2.45, 2.75) is 111 Å². The Morgan fingerprint density at radius 1 is 0.654 bits per heavy atom. The minimum absolute atomic E-state index is 0.299. The predicted molar refractivity (Wildman–Crippen MR) is 113 cm³/mol. The first kappa shape index (κ1) is 27.6. The highest BCUT2D eigenvalue weighted by molar-refractivity contribution is 5.66. The number of carbonyl (C=O) groups is 1. The molecule has 26 heavy (non-hydrogen) atoms. The Hall–Kier alpha value is -0.610. The molecular formula is C22H47NO3. The molecule has 0 aromatic rings. The molecule has 0 aliphatic heterocycles. The quantitative estimate of drug-likeness (QED) is 0.295. The molecular weight excluding hydrogens is 326 g/mol. The summed E-state index contributed by atoms with van der Waals surface area (Å²) in [6.45, 7) is 10.1. The topological polar surface area (TPSA) is 60.8 Å². The van der Waals surface area contributed by atoms with Crippen molar-refractivity contribution in [1.82, 2.24) is 4.90 Å². The number of aliphatic hydroxyl groups is 1. The highest BCUT2D eigenvalue weighted by atomic mass is 16.4. The van der Waals surface area contributed by atoms with Gasteiger partial charge in [-0.1, -0.05) is 85.0 Å². The van der Waals surface area contributed by atoms with Crippen molar-refractivity contribution in [3.63, 3.8) is 0 Å². The lowest BCUT2D eigenvalue weighted by atomic mass is 10.1. The van der Waals surface area contributed by atoms with Crippen LogP contribution in [0.1, 0.15) is 111 Å². The summed E-state index contributed by atoms with van der Waals surface area (Å²) in [6, 6.07) is 0. The molecule has 0 fully saturated rings. The summed E-state index contributed by atoms with van der Waals surface area (Å²) in [7, 11) is 0. The van der Waals surface area contributed by atoms with E-state index >= 15 is 0 Å². The lowest BCUT2D eigenvalue weighted by Gasteiger charge is -2.20. The summed E-state index contributed by atoms with van der Waals surface area (Å²) >= 11 is 0. The van der Waals surface area contributed by atoms with Gasteiger partial charge in [-0.2, -0.15) is 0 Å². The fourth-order valence-electron chi connectivity index (χ4n) is 2.83. The molecule has 0 atom stereocenters. The van der Waals surface area contributed by atoms with Crippen LogP contribution in [0.3, 0.4) is 0 Å². The van der Waals surface area contributed by atoms with Gasteiger partial charge in [-0.05, 0) is 32.4 Å². The van der Waals surface area contributed by atoms with Crippen LogP contribution in [0, 0.1) is 0 Å². The zero-order valence-electron chi connectivity index (χ0n) is 18.0. The maximum Gasteiger partial charge on any atom is 0.303 e. The predicted octanol–water partition coefficient (Wildman–Crippen LogP) is 5.87. The van der Waals surface area contributed by atoms with E-state index in [0.717, 1.165) is 32.5 Å². The number of rotatable bonds is 18. The third kappa shape index (κ3) is 25.6. The molecule has 0 unspecified atom stereocenters. The molecule has 4 nitrogen and oxygen atoms in total. The number of unbranched alkanes of at least 4 members (excludes halogenated alkanes) is 10. The average molecular weight is 374 g/mol. The third-order valence-corrected chi connectivity index (χ3v) is 4.57. The number of carboxylic acids is 1. The monoisotopic (exact) mass is 373 g/mol. The van der Waals surface area contributed by atoms with E-state index in [9.17, 15) is 4.79 Å². The van der Waals surface area contributed by atoms with Crippen LogP contribution in [0.2, 0.25) is 0 Å². The SMILES string of the molecule is CCCCCCCCCCCC(=O)O.CCCCN(CCO)CCCC.